The number of nitrogens with zero attached hydrogens (tertiary/aromatic N) is 2. The summed E-state index contributed by atoms with van der Waals surface area (Å²) in [6.07, 6.45) is 2.02. The predicted octanol–water partition coefficient (Wildman–Crippen LogP) is 3.86. The molecule has 0 bridgehead atoms. The van der Waals surface area contributed by atoms with Crippen LogP contribution in [-0.4, -0.2) is 36.2 Å². The topological polar surface area (TPSA) is 54.5 Å². The Kier molecular flexibility index (Phi) is 5.63. The van der Waals surface area contributed by atoms with Crippen molar-refractivity contribution in [3.05, 3.63) is 45.3 Å². The molecular formula is C20H27N3O2S. The maximum atomic E-state index is 12.6. The number of rotatable bonds is 4. The van der Waals surface area contributed by atoms with E-state index in [0.717, 1.165) is 18.9 Å². The van der Waals surface area contributed by atoms with Crippen LogP contribution in [0.2, 0.25) is 0 Å². The molecule has 3 heterocycles. The number of nitrogens with one attached hydrogen (secondary N) is 1. The highest BCUT2D eigenvalue weighted by atomic mass is 32.1. The molecule has 0 spiro atoms. The molecule has 2 aromatic rings. The fraction of sp³-hybridized carbons (Fsp3) is 0.500. The van der Waals surface area contributed by atoms with E-state index in [1.807, 2.05) is 19.1 Å². The van der Waals surface area contributed by atoms with Crippen LogP contribution in [0.4, 0.5) is 5.82 Å². The van der Waals surface area contributed by atoms with Gasteiger partial charge in [0.25, 0.3) is 5.91 Å². The average molecular weight is 374 g/mol. The third kappa shape index (κ3) is 4.24. The van der Waals surface area contributed by atoms with Crippen molar-refractivity contribution >= 4 is 23.1 Å². The number of ether oxygens (including phenoxy) is 1. The Bertz CT molecular complexity index is 762. The van der Waals surface area contributed by atoms with E-state index in [9.17, 15) is 4.79 Å². The maximum absolute atomic E-state index is 12.6. The minimum atomic E-state index is -0.0940. The second-order valence-corrected chi connectivity index (χ2v) is 8.59. The molecule has 1 fully saturated rings. The number of carbonyl (C=O) groups is 1. The van der Waals surface area contributed by atoms with Crippen LogP contribution in [0.5, 0.6) is 0 Å². The number of morpholine rings is 1. The molecule has 3 atom stereocenters. The molecule has 0 aromatic carbocycles. The molecule has 0 aliphatic carbocycles. The van der Waals surface area contributed by atoms with Crippen LogP contribution in [0.1, 0.15) is 52.5 Å². The SMILES string of the molecule is Cc1cc([C@@H](C)NC(=O)c2ccc(N3C[C@@H](C)O[C@@H](C)C3)nc2)c(C)s1. The van der Waals surface area contributed by atoms with Crippen molar-refractivity contribution in [2.45, 2.75) is 52.9 Å². The molecule has 26 heavy (non-hydrogen) atoms. The van der Waals surface area contributed by atoms with E-state index in [0.29, 0.717) is 5.56 Å². The standard InChI is InChI=1S/C20H27N3O2S/c1-12-10-23(11-13(2)25-12)19-7-6-17(9-21-19)20(24)22-15(4)18-8-14(3)26-16(18)5/h6-9,12-13,15H,10-11H2,1-5H3,(H,22,24)/t12-,13+,15-/m1/s1. The van der Waals surface area contributed by atoms with Crippen LogP contribution in [0.3, 0.4) is 0 Å². The summed E-state index contributed by atoms with van der Waals surface area (Å²) in [5, 5.41) is 3.07. The molecule has 1 aliphatic rings. The van der Waals surface area contributed by atoms with E-state index in [1.165, 1.54) is 15.3 Å². The predicted molar refractivity (Wildman–Crippen MR) is 106 cm³/mol. The van der Waals surface area contributed by atoms with Gasteiger partial charge in [-0.15, -0.1) is 11.3 Å². The Morgan fingerprint density at radius 2 is 2.00 bits per heavy atom. The second kappa shape index (κ2) is 7.76. The summed E-state index contributed by atoms with van der Waals surface area (Å²) in [5.41, 5.74) is 1.77. The zero-order chi connectivity index (χ0) is 18.8. The third-order valence-corrected chi connectivity index (χ3v) is 5.63. The molecule has 3 rings (SSSR count). The lowest BCUT2D eigenvalue weighted by Gasteiger charge is -2.36. The summed E-state index contributed by atoms with van der Waals surface area (Å²) in [5.74, 6) is 0.796. The summed E-state index contributed by atoms with van der Waals surface area (Å²) in [6, 6.07) is 5.89. The van der Waals surface area contributed by atoms with Crippen molar-refractivity contribution in [2.24, 2.45) is 0 Å². The summed E-state index contributed by atoms with van der Waals surface area (Å²) < 4.78 is 5.76. The number of aryl methyl sites for hydroxylation is 2. The van der Waals surface area contributed by atoms with Gasteiger partial charge in [-0.05, 0) is 58.4 Å². The van der Waals surface area contributed by atoms with E-state index < -0.39 is 0 Å². The van der Waals surface area contributed by atoms with Crippen LogP contribution in [0, 0.1) is 13.8 Å². The normalized spacial score (nSPS) is 21.5. The zero-order valence-corrected chi connectivity index (χ0v) is 16.9. The first-order chi connectivity index (χ1) is 12.3. The quantitative estimate of drug-likeness (QED) is 0.884. The van der Waals surface area contributed by atoms with E-state index in [4.69, 9.17) is 4.74 Å². The highest BCUT2D eigenvalue weighted by Crippen LogP contribution is 2.26. The smallest absolute Gasteiger partial charge is 0.253 e. The third-order valence-electron chi connectivity index (χ3n) is 4.65. The van der Waals surface area contributed by atoms with E-state index in [-0.39, 0.29) is 24.2 Å². The van der Waals surface area contributed by atoms with E-state index >= 15 is 0 Å². The van der Waals surface area contributed by atoms with Gasteiger partial charge in [0.15, 0.2) is 0 Å². The maximum Gasteiger partial charge on any atom is 0.253 e. The molecule has 1 N–H and O–H groups in total. The van der Waals surface area contributed by atoms with Crippen molar-refractivity contribution < 1.29 is 9.53 Å². The van der Waals surface area contributed by atoms with Crippen molar-refractivity contribution in [2.75, 3.05) is 18.0 Å². The average Bonchev–Trinajstić information content (AvgIpc) is 2.92. The second-order valence-electron chi connectivity index (χ2n) is 7.13. The van der Waals surface area contributed by atoms with Gasteiger partial charge in [0.05, 0.1) is 23.8 Å². The summed E-state index contributed by atoms with van der Waals surface area (Å²) >= 11 is 1.76. The lowest BCUT2D eigenvalue weighted by atomic mass is 10.1. The lowest BCUT2D eigenvalue weighted by Crippen LogP contribution is -2.45. The molecule has 1 saturated heterocycles. The molecule has 6 heteroatoms. The largest absolute Gasteiger partial charge is 0.372 e. The van der Waals surface area contributed by atoms with Crippen LogP contribution in [0.25, 0.3) is 0 Å². The summed E-state index contributed by atoms with van der Waals surface area (Å²) in [6.45, 7) is 12.0. The number of amides is 1. The van der Waals surface area contributed by atoms with Gasteiger partial charge in [0.1, 0.15) is 5.82 Å². The first kappa shape index (κ1) is 18.9. The Morgan fingerprint density at radius 3 is 2.54 bits per heavy atom. The molecule has 1 amide bonds. The minimum Gasteiger partial charge on any atom is -0.372 e. The molecule has 1 aliphatic heterocycles. The molecule has 2 aromatic heterocycles. The molecule has 0 saturated carbocycles. The Morgan fingerprint density at radius 1 is 1.31 bits per heavy atom. The Balaban J connectivity index is 1.66. The number of aromatic nitrogens is 1. The van der Waals surface area contributed by atoms with Gasteiger partial charge in [-0.25, -0.2) is 4.98 Å². The van der Waals surface area contributed by atoms with Crippen molar-refractivity contribution in [3.8, 4) is 0 Å². The van der Waals surface area contributed by atoms with Crippen LogP contribution in [0.15, 0.2) is 24.4 Å². The van der Waals surface area contributed by atoms with Gasteiger partial charge in [0, 0.05) is 29.0 Å². The van der Waals surface area contributed by atoms with E-state index in [1.54, 1.807) is 17.5 Å². The highest BCUT2D eigenvalue weighted by Gasteiger charge is 2.23. The van der Waals surface area contributed by atoms with Crippen LogP contribution < -0.4 is 10.2 Å². The van der Waals surface area contributed by atoms with Crippen LogP contribution in [-0.2, 0) is 4.74 Å². The fourth-order valence-electron chi connectivity index (χ4n) is 3.51. The molecule has 5 nitrogen and oxygen atoms in total. The first-order valence-corrected chi connectivity index (χ1v) is 9.89. The fourth-order valence-corrected chi connectivity index (χ4v) is 4.53. The van der Waals surface area contributed by atoms with Gasteiger partial charge in [-0.1, -0.05) is 0 Å². The van der Waals surface area contributed by atoms with Gasteiger partial charge < -0.3 is 15.0 Å². The van der Waals surface area contributed by atoms with Crippen molar-refractivity contribution in [3.63, 3.8) is 0 Å². The van der Waals surface area contributed by atoms with Gasteiger partial charge in [-0.2, -0.15) is 0 Å². The molecule has 0 unspecified atom stereocenters. The monoisotopic (exact) mass is 373 g/mol. The molecular weight excluding hydrogens is 346 g/mol. The van der Waals surface area contributed by atoms with Gasteiger partial charge in [-0.3, -0.25) is 4.79 Å². The lowest BCUT2D eigenvalue weighted by molar-refractivity contribution is -0.00546. The number of hydrogen-bond donors (Lipinski definition) is 1. The number of pyridine rings is 1. The highest BCUT2D eigenvalue weighted by molar-refractivity contribution is 7.12. The number of hydrogen-bond acceptors (Lipinski definition) is 5. The van der Waals surface area contributed by atoms with E-state index in [2.05, 4.69) is 49.0 Å². The number of thiophene rings is 1. The zero-order valence-electron chi connectivity index (χ0n) is 16.1. The molecule has 140 valence electrons. The Labute approximate surface area is 159 Å². The number of anilines is 1. The summed E-state index contributed by atoms with van der Waals surface area (Å²) in [7, 11) is 0. The van der Waals surface area contributed by atoms with Crippen LogP contribution >= 0.6 is 11.3 Å². The van der Waals surface area contributed by atoms with Gasteiger partial charge in [0.2, 0.25) is 0 Å². The minimum absolute atomic E-state index is 0.0203. The molecule has 0 radical (unpaired) electrons. The summed E-state index contributed by atoms with van der Waals surface area (Å²) in [4.78, 5) is 21.8. The van der Waals surface area contributed by atoms with Crippen molar-refractivity contribution in [1.82, 2.24) is 10.3 Å². The van der Waals surface area contributed by atoms with Gasteiger partial charge >= 0.3 is 0 Å². The van der Waals surface area contributed by atoms with Crippen molar-refractivity contribution in [1.29, 1.82) is 0 Å². The number of carbonyl (C=O) groups excluding carboxylic acids is 1. The Hall–Kier alpha value is -1.92. The first-order valence-electron chi connectivity index (χ1n) is 9.07.